The Morgan fingerprint density at radius 3 is 2.78 bits per heavy atom. The molecule has 0 aromatic carbocycles. The Morgan fingerprint density at radius 1 is 1.33 bits per heavy atom. The van der Waals surface area contributed by atoms with E-state index in [4.69, 9.17) is 11.6 Å². The Hall–Kier alpha value is -0.600. The fraction of sp³-hybridized carbons (Fsp3) is 0.667. The first-order valence-electron chi connectivity index (χ1n) is 6.84. The predicted octanol–water partition coefficient (Wildman–Crippen LogP) is 4.43. The molecule has 1 heterocycles. The topological polar surface area (TPSA) is 24.9 Å². The van der Waals surface area contributed by atoms with Crippen molar-refractivity contribution in [3.05, 3.63) is 29.0 Å². The van der Waals surface area contributed by atoms with Crippen molar-refractivity contribution < 1.29 is 0 Å². The molecular formula is C15H25ClN2. The Bertz CT molecular complexity index is 350. The number of unbranched alkanes of at least 4 members (excludes halogenated alkanes) is 2. The van der Waals surface area contributed by atoms with Gasteiger partial charge in [-0.2, -0.15) is 0 Å². The normalized spacial score (nSPS) is 11.8. The summed E-state index contributed by atoms with van der Waals surface area (Å²) in [5, 5.41) is 4.24. The average molecular weight is 269 g/mol. The lowest BCUT2D eigenvalue weighted by atomic mass is 9.87. The van der Waals surface area contributed by atoms with Crippen LogP contribution in [0, 0.1) is 5.41 Å². The van der Waals surface area contributed by atoms with E-state index in [2.05, 4.69) is 31.1 Å². The van der Waals surface area contributed by atoms with Gasteiger partial charge in [-0.15, -0.1) is 0 Å². The highest BCUT2D eigenvalue weighted by Gasteiger charge is 2.16. The molecule has 0 radical (unpaired) electrons. The van der Waals surface area contributed by atoms with Crippen LogP contribution in [0.1, 0.15) is 52.0 Å². The van der Waals surface area contributed by atoms with Gasteiger partial charge in [0.1, 0.15) is 0 Å². The number of rotatable bonds is 8. The molecule has 0 fully saturated rings. The van der Waals surface area contributed by atoms with Gasteiger partial charge >= 0.3 is 0 Å². The lowest BCUT2D eigenvalue weighted by Crippen LogP contribution is -2.29. The number of nitrogens with zero attached hydrogens (tertiary/aromatic N) is 1. The van der Waals surface area contributed by atoms with E-state index in [1.165, 1.54) is 25.7 Å². The summed E-state index contributed by atoms with van der Waals surface area (Å²) in [7, 11) is 0. The van der Waals surface area contributed by atoms with Crippen LogP contribution < -0.4 is 5.32 Å². The monoisotopic (exact) mass is 268 g/mol. The van der Waals surface area contributed by atoms with Crippen molar-refractivity contribution >= 4 is 11.6 Å². The standard InChI is InChI=1S/C15H25ClN2/c1-4-5-6-8-15(2,3)12-18-10-13-7-9-17-11-14(13)16/h7,9,11,18H,4-6,8,10,12H2,1-3H3. The van der Waals surface area contributed by atoms with Crippen molar-refractivity contribution in [2.45, 2.75) is 53.0 Å². The van der Waals surface area contributed by atoms with Gasteiger partial charge in [0.05, 0.1) is 5.02 Å². The summed E-state index contributed by atoms with van der Waals surface area (Å²) in [5.41, 5.74) is 1.48. The molecule has 0 aliphatic heterocycles. The minimum absolute atomic E-state index is 0.356. The smallest absolute Gasteiger partial charge is 0.0634 e. The number of hydrogen-bond donors (Lipinski definition) is 1. The van der Waals surface area contributed by atoms with Crippen LogP contribution in [0.15, 0.2) is 18.5 Å². The summed E-state index contributed by atoms with van der Waals surface area (Å²) in [6.45, 7) is 8.73. The molecule has 0 spiro atoms. The number of halogens is 1. The second-order valence-electron chi connectivity index (χ2n) is 5.69. The highest BCUT2D eigenvalue weighted by molar-refractivity contribution is 6.31. The molecule has 102 valence electrons. The third kappa shape index (κ3) is 5.83. The van der Waals surface area contributed by atoms with E-state index in [-0.39, 0.29) is 0 Å². The molecule has 2 nitrogen and oxygen atoms in total. The molecule has 0 saturated heterocycles. The maximum Gasteiger partial charge on any atom is 0.0634 e. The van der Waals surface area contributed by atoms with Gasteiger partial charge in [-0.05, 0) is 23.5 Å². The largest absolute Gasteiger partial charge is 0.312 e. The van der Waals surface area contributed by atoms with Crippen molar-refractivity contribution in [1.29, 1.82) is 0 Å². The molecule has 0 saturated carbocycles. The van der Waals surface area contributed by atoms with E-state index in [0.29, 0.717) is 5.41 Å². The third-order valence-corrected chi connectivity index (χ3v) is 3.57. The van der Waals surface area contributed by atoms with Crippen molar-refractivity contribution in [1.82, 2.24) is 10.3 Å². The molecular weight excluding hydrogens is 244 g/mol. The molecule has 1 aromatic rings. The summed E-state index contributed by atoms with van der Waals surface area (Å²) >= 11 is 6.07. The molecule has 18 heavy (non-hydrogen) atoms. The fourth-order valence-electron chi connectivity index (χ4n) is 2.02. The maximum absolute atomic E-state index is 6.07. The van der Waals surface area contributed by atoms with E-state index in [1.54, 1.807) is 12.4 Å². The summed E-state index contributed by atoms with van der Waals surface area (Å²) in [5.74, 6) is 0. The molecule has 0 amide bonds. The zero-order valence-electron chi connectivity index (χ0n) is 11.8. The molecule has 1 aromatic heterocycles. The van der Waals surface area contributed by atoms with Gasteiger partial charge in [-0.1, -0.05) is 51.6 Å². The summed E-state index contributed by atoms with van der Waals surface area (Å²) in [6.07, 6.45) is 8.70. The molecule has 0 bridgehead atoms. The summed E-state index contributed by atoms with van der Waals surface area (Å²) in [4.78, 5) is 3.99. The Labute approximate surface area is 116 Å². The molecule has 0 aliphatic carbocycles. The Kier molecular flexibility index (Phi) is 6.66. The molecule has 1 rings (SSSR count). The first-order chi connectivity index (χ1) is 8.55. The summed E-state index contributed by atoms with van der Waals surface area (Å²) < 4.78 is 0. The number of pyridine rings is 1. The van der Waals surface area contributed by atoms with E-state index < -0.39 is 0 Å². The van der Waals surface area contributed by atoms with Gasteiger partial charge in [0.15, 0.2) is 0 Å². The fourth-order valence-corrected chi connectivity index (χ4v) is 2.21. The van der Waals surface area contributed by atoms with Gasteiger partial charge < -0.3 is 5.32 Å². The lowest BCUT2D eigenvalue weighted by molar-refractivity contribution is 0.302. The molecule has 3 heteroatoms. The van der Waals surface area contributed by atoms with Gasteiger partial charge in [0.2, 0.25) is 0 Å². The second kappa shape index (κ2) is 7.75. The highest BCUT2D eigenvalue weighted by Crippen LogP contribution is 2.23. The summed E-state index contributed by atoms with van der Waals surface area (Å²) in [6, 6.07) is 1.97. The van der Waals surface area contributed by atoms with Crippen LogP contribution >= 0.6 is 11.6 Å². The van der Waals surface area contributed by atoms with Crippen molar-refractivity contribution in [3.63, 3.8) is 0 Å². The first kappa shape index (κ1) is 15.5. The minimum Gasteiger partial charge on any atom is -0.312 e. The van der Waals surface area contributed by atoms with Crippen LogP contribution in [0.3, 0.4) is 0 Å². The molecule has 0 atom stereocenters. The number of hydrogen-bond acceptors (Lipinski definition) is 2. The zero-order chi connectivity index (χ0) is 13.4. The molecule has 0 unspecified atom stereocenters. The predicted molar refractivity (Wildman–Crippen MR) is 78.9 cm³/mol. The van der Waals surface area contributed by atoms with Crippen LogP contribution in [0.25, 0.3) is 0 Å². The van der Waals surface area contributed by atoms with Gasteiger partial charge in [0.25, 0.3) is 0 Å². The van der Waals surface area contributed by atoms with Crippen LogP contribution in [0.2, 0.25) is 5.02 Å². The Morgan fingerprint density at radius 2 is 2.11 bits per heavy atom. The van der Waals surface area contributed by atoms with Crippen LogP contribution in [0.5, 0.6) is 0 Å². The van der Waals surface area contributed by atoms with E-state index >= 15 is 0 Å². The van der Waals surface area contributed by atoms with Crippen LogP contribution in [0.4, 0.5) is 0 Å². The molecule has 0 aliphatic rings. The minimum atomic E-state index is 0.356. The SMILES string of the molecule is CCCCCC(C)(C)CNCc1ccncc1Cl. The van der Waals surface area contributed by atoms with Gasteiger partial charge in [0, 0.05) is 25.5 Å². The van der Waals surface area contributed by atoms with Crippen LogP contribution in [-0.4, -0.2) is 11.5 Å². The average Bonchev–Trinajstić information content (AvgIpc) is 2.32. The first-order valence-corrected chi connectivity index (χ1v) is 7.22. The Balaban J connectivity index is 2.30. The quantitative estimate of drug-likeness (QED) is 0.706. The zero-order valence-corrected chi connectivity index (χ0v) is 12.6. The third-order valence-electron chi connectivity index (χ3n) is 3.23. The van der Waals surface area contributed by atoms with Crippen LogP contribution in [-0.2, 0) is 6.54 Å². The van der Waals surface area contributed by atoms with Crippen molar-refractivity contribution in [2.75, 3.05) is 6.54 Å². The maximum atomic E-state index is 6.07. The van der Waals surface area contributed by atoms with E-state index in [0.717, 1.165) is 23.7 Å². The highest BCUT2D eigenvalue weighted by atomic mass is 35.5. The second-order valence-corrected chi connectivity index (χ2v) is 6.10. The van der Waals surface area contributed by atoms with Crippen molar-refractivity contribution in [2.24, 2.45) is 5.41 Å². The van der Waals surface area contributed by atoms with E-state index in [1.807, 2.05) is 6.07 Å². The molecule has 1 N–H and O–H groups in total. The van der Waals surface area contributed by atoms with Gasteiger partial charge in [-0.3, -0.25) is 4.98 Å². The lowest BCUT2D eigenvalue weighted by Gasteiger charge is -2.25. The van der Waals surface area contributed by atoms with E-state index in [9.17, 15) is 0 Å². The number of aromatic nitrogens is 1. The number of nitrogens with one attached hydrogen (secondary N) is 1. The van der Waals surface area contributed by atoms with Crippen molar-refractivity contribution in [3.8, 4) is 0 Å². The van der Waals surface area contributed by atoms with Gasteiger partial charge in [-0.25, -0.2) is 0 Å².